The maximum Gasteiger partial charge on any atom is 0.00967 e. The zero-order valence-electron chi connectivity index (χ0n) is 13.5. The molecule has 1 aromatic rings. The molecule has 0 spiro atoms. The Morgan fingerprint density at radius 1 is 1.05 bits per heavy atom. The monoisotopic (exact) mass is 273 g/mol. The number of hydrogen-bond donors (Lipinski definition) is 1. The molecular formula is C19H31N. The van der Waals surface area contributed by atoms with Gasteiger partial charge in [-0.1, -0.05) is 43.2 Å². The van der Waals surface area contributed by atoms with Gasteiger partial charge in [-0.2, -0.15) is 0 Å². The molecule has 0 heterocycles. The molecule has 2 rings (SSSR count). The van der Waals surface area contributed by atoms with Gasteiger partial charge in [0.25, 0.3) is 0 Å². The first-order valence-electron chi connectivity index (χ1n) is 8.28. The number of aryl methyl sites for hydroxylation is 1. The van der Waals surface area contributed by atoms with Gasteiger partial charge in [0.2, 0.25) is 0 Å². The van der Waals surface area contributed by atoms with Crippen molar-refractivity contribution in [2.24, 2.45) is 5.41 Å². The lowest BCUT2D eigenvalue weighted by Gasteiger charge is -2.33. The Kier molecular flexibility index (Phi) is 5.26. The van der Waals surface area contributed by atoms with E-state index in [4.69, 9.17) is 0 Å². The molecule has 0 amide bonds. The first-order valence-corrected chi connectivity index (χ1v) is 8.28. The van der Waals surface area contributed by atoms with Gasteiger partial charge < -0.3 is 5.32 Å². The number of benzene rings is 1. The second kappa shape index (κ2) is 6.76. The van der Waals surface area contributed by atoms with Crippen molar-refractivity contribution >= 4 is 0 Å². The van der Waals surface area contributed by atoms with E-state index in [0.29, 0.717) is 5.41 Å². The van der Waals surface area contributed by atoms with E-state index in [-0.39, 0.29) is 5.54 Å². The maximum absolute atomic E-state index is 3.75. The van der Waals surface area contributed by atoms with Crippen molar-refractivity contribution in [3.05, 3.63) is 35.9 Å². The molecule has 1 nitrogen and oxygen atoms in total. The lowest BCUT2D eigenvalue weighted by atomic mass is 9.80. The van der Waals surface area contributed by atoms with Gasteiger partial charge in [0.1, 0.15) is 0 Å². The summed E-state index contributed by atoms with van der Waals surface area (Å²) in [6.45, 7) is 8.03. The van der Waals surface area contributed by atoms with Crippen LogP contribution in [0, 0.1) is 5.41 Å². The van der Waals surface area contributed by atoms with Crippen molar-refractivity contribution in [2.45, 2.75) is 71.3 Å². The van der Waals surface area contributed by atoms with E-state index in [0.717, 1.165) is 0 Å². The zero-order chi connectivity index (χ0) is 14.5. The van der Waals surface area contributed by atoms with Crippen molar-refractivity contribution in [3.8, 4) is 0 Å². The Bertz CT molecular complexity index is 382. The molecule has 0 unspecified atom stereocenters. The van der Waals surface area contributed by atoms with Crippen LogP contribution in [0.3, 0.4) is 0 Å². The molecule has 112 valence electrons. The topological polar surface area (TPSA) is 12.0 Å². The second-order valence-corrected chi connectivity index (χ2v) is 7.65. The summed E-state index contributed by atoms with van der Waals surface area (Å²) in [6.07, 6.45) is 9.64. The summed E-state index contributed by atoms with van der Waals surface area (Å²) in [5, 5.41) is 3.75. The fourth-order valence-corrected chi connectivity index (χ4v) is 3.41. The molecule has 1 aliphatic carbocycles. The molecule has 1 saturated carbocycles. The van der Waals surface area contributed by atoms with E-state index < -0.39 is 0 Å². The van der Waals surface area contributed by atoms with Crippen LogP contribution in [0.4, 0.5) is 0 Å². The first kappa shape index (κ1) is 15.6. The van der Waals surface area contributed by atoms with Crippen LogP contribution in [0.1, 0.15) is 64.9 Å². The van der Waals surface area contributed by atoms with Gasteiger partial charge >= 0.3 is 0 Å². The quantitative estimate of drug-likeness (QED) is 0.772. The van der Waals surface area contributed by atoms with Gasteiger partial charge in [0, 0.05) is 12.1 Å². The molecule has 0 bridgehead atoms. The van der Waals surface area contributed by atoms with Crippen molar-refractivity contribution in [1.29, 1.82) is 0 Å². The van der Waals surface area contributed by atoms with Crippen LogP contribution in [-0.2, 0) is 6.42 Å². The Balaban J connectivity index is 1.83. The minimum atomic E-state index is 0.245. The second-order valence-electron chi connectivity index (χ2n) is 7.65. The average molecular weight is 273 g/mol. The third-order valence-electron chi connectivity index (χ3n) is 4.67. The van der Waals surface area contributed by atoms with Crippen LogP contribution in [0.25, 0.3) is 0 Å². The normalized spacial score (nSPS) is 18.4. The van der Waals surface area contributed by atoms with Crippen molar-refractivity contribution in [2.75, 3.05) is 6.54 Å². The van der Waals surface area contributed by atoms with E-state index >= 15 is 0 Å². The van der Waals surface area contributed by atoms with E-state index in [9.17, 15) is 0 Å². The van der Waals surface area contributed by atoms with Gasteiger partial charge in [-0.25, -0.2) is 0 Å². The maximum atomic E-state index is 3.75. The third-order valence-corrected chi connectivity index (χ3v) is 4.67. The summed E-state index contributed by atoms with van der Waals surface area (Å²) in [6, 6.07) is 10.9. The summed E-state index contributed by atoms with van der Waals surface area (Å²) in [7, 11) is 0. The van der Waals surface area contributed by atoms with Crippen molar-refractivity contribution in [1.82, 2.24) is 5.32 Å². The van der Waals surface area contributed by atoms with Crippen molar-refractivity contribution in [3.63, 3.8) is 0 Å². The molecule has 0 saturated heterocycles. The molecule has 0 aliphatic heterocycles. The highest BCUT2D eigenvalue weighted by Crippen LogP contribution is 2.42. The summed E-state index contributed by atoms with van der Waals surface area (Å²) in [5.74, 6) is 0. The number of nitrogens with one attached hydrogen (secondary N) is 1. The van der Waals surface area contributed by atoms with Crippen LogP contribution in [-0.4, -0.2) is 12.1 Å². The third kappa shape index (κ3) is 4.94. The SMILES string of the molecule is CC(C)(C)NCC1(CCCc2ccccc2)CCCC1. The minimum Gasteiger partial charge on any atom is -0.312 e. The molecule has 1 aliphatic rings. The number of hydrogen-bond acceptors (Lipinski definition) is 1. The molecule has 1 aromatic carbocycles. The predicted molar refractivity (Wildman–Crippen MR) is 88.0 cm³/mol. The summed E-state index contributed by atoms with van der Waals surface area (Å²) >= 11 is 0. The van der Waals surface area contributed by atoms with E-state index in [2.05, 4.69) is 56.4 Å². The van der Waals surface area contributed by atoms with E-state index in [1.807, 2.05) is 0 Å². The molecular weight excluding hydrogens is 242 g/mol. The molecule has 1 fully saturated rings. The fraction of sp³-hybridized carbons (Fsp3) is 0.684. The molecule has 0 aromatic heterocycles. The largest absolute Gasteiger partial charge is 0.312 e. The Morgan fingerprint density at radius 2 is 1.70 bits per heavy atom. The predicted octanol–water partition coefficient (Wildman–Crippen LogP) is 4.96. The highest BCUT2D eigenvalue weighted by molar-refractivity contribution is 5.14. The van der Waals surface area contributed by atoms with Gasteiger partial charge in [0.15, 0.2) is 0 Å². The van der Waals surface area contributed by atoms with Crippen LogP contribution in [0.15, 0.2) is 30.3 Å². The summed E-state index contributed by atoms with van der Waals surface area (Å²) in [5.41, 5.74) is 2.31. The summed E-state index contributed by atoms with van der Waals surface area (Å²) in [4.78, 5) is 0. The zero-order valence-corrected chi connectivity index (χ0v) is 13.5. The van der Waals surface area contributed by atoms with Crippen LogP contribution in [0.5, 0.6) is 0 Å². The van der Waals surface area contributed by atoms with Gasteiger partial charge in [-0.3, -0.25) is 0 Å². The lowest BCUT2D eigenvalue weighted by molar-refractivity contribution is 0.224. The number of rotatable bonds is 6. The van der Waals surface area contributed by atoms with E-state index in [1.54, 1.807) is 0 Å². The lowest BCUT2D eigenvalue weighted by Crippen LogP contribution is -2.43. The Labute approximate surface area is 125 Å². The van der Waals surface area contributed by atoms with Crippen LogP contribution in [0.2, 0.25) is 0 Å². The van der Waals surface area contributed by atoms with Crippen LogP contribution < -0.4 is 5.32 Å². The summed E-state index contributed by atoms with van der Waals surface area (Å²) < 4.78 is 0. The van der Waals surface area contributed by atoms with Crippen LogP contribution >= 0.6 is 0 Å². The Hall–Kier alpha value is -0.820. The highest BCUT2D eigenvalue weighted by atomic mass is 15.0. The van der Waals surface area contributed by atoms with E-state index in [1.165, 1.54) is 57.1 Å². The molecule has 0 atom stereocenters. The molecule has 20 heavy (non-hydrogen) atoms. The van der Waals surface area contributed by atoms with Gasteiger partial charge in [-0.15, -0.1) is 0 Å². The molecule has 0 radical (unpaired) electrons. The smallest absolute Gasteiger partial charge is 0.00967 e. The highest BCUT2D eigenvalue weighted by Gasteiger charge is 2.33. The molecule has 1 heteroatoms. The fourth-order valence-electron chi connectivity index (χ4n) is 3.41. The Morgan fingerprint density at radius 3 is 2.30 bits per heavy atom. The average Bonchev–Trinajstić information content (AvgIpc) is 2.86. The standard InChI is InChI=1S/C19H31N/c1-18(2,3)20-16-19(13-7-8-14-19)15-9-12-17-10-5-4-6-11-17/h4-6,10-11,20H,7-9,12-16H2,1-3H3. The van der Waals surface area contributed by atoms with Crippen molar-refractivity contribution < 1.29 is 0 Å². The van der Waals surface area contributed by atoms with Gasteiger partial charge in [-0.05, 0) is 63.9 Å². The molecule has 1 N–H and O–H groups in total. The minimum absolute atomic E-state index is 0.245. The first-order chi connectivity index (χ1) is 9.49. The van der Waals surface area contributed by atoms with Gasteiger partial charge in [0.05, 0.1) is 0 Å².